The lowest BCUT2D eigenvalue weighted by Crippen LogP contribution is -2.37. The number of nitrogens with zero attached hydrogens (tertiary/aromatic N) is 3. The molecule has 0 spiro atoms. The number of aryl methyl sites for hydroxylation is 1. The van der Waals surface area contributed by atoms with Gasteiger partial charge in [-0.25, -0.2) is 9.78 Å². The smallest absolute Gasteiger partial charge is 0.329 e. The summed E-state index contributed by atoms with van der Waals surface area (Å²) in [6.45, 7) is 6.66. The summed E-state index contributed by atoms with van der Waals surface area (Å²) in [5, 5.41) is 0.206. The molecule has 0 bridgehead atoms. The molecule has 0 aromatic carbocycles. The number of rotatable bonds is 6. The normalized spacial score (nSPS) is 19.3. The van der Waals surface area contributed by atoms with E-state index in [1.807, 2.05) is 13.8 Å². The number of H-pyrrole nitrogens is 1. The molecule has 28 heavy (non-hydrogen) atoms. The molecule has 1 aliphatic heterocycles. The lowest BCUT2D eigenvalue weighted by atomic mass is 10.1. The number of hydrogen-bond acceptors (Lipinski definition) is 5. The lowest BCUT2D eigenvalue weighted by Gasteiger charge is -2.24. The van der Waals surface area contributed by atoms with Gasteiger partial charge >= 0.3 is 5.69 Å². The van der Waals surface area contributed by atoms with Crippen LogP contribution in [0.1, 0.15) is 55.1 Å². The number of carbonyl (C=O) groups excluding carboxylic acids is 1. The first-order chi connectivity index (χ1) is 13.5. The van der Waals surface area contributed by atoms with Crippen molar-refractivity contribution in [1.82, 2.24) is 19.4 Å². The van der Waals surface area contributed by atoms with Gasteiger partial charge in [-0.05, 0) is 39.2 Å². The van der Waals surface area contributed by atoms with Gasteiger partial charge in [-0.15, -0.1) is 0 Å². The van der Waals surface area contributed by atoms with Gasteiger partial charge in [0.05, 0.1) is 17.6 Å². The van der Waals surface area contributed by atoms with Gasteiger partial charge < -0.3 is 9.64 Å². The summed E-state index contributed by atoms with van der Waals surface area (Å²) >= 11 is 0. The molecule has 1 unspecified atom stereocenters. The van der Waals surface area contributed by atoms with Crippen LogP contribution in [0.15, 0.2) is 15.7 Å². The summed E-state index contributed by atoms with van der Waals surface area (Å²) in [7, 11) is 0. The first-order valence-corrected chi connectivity index (χ1v) is 10.1. The highest BCUT2D eigenvalue weighted by atomic mass is 16.5. The molecule has 150 valence electrons. The first-order valence-electron chi connectivity index (χ1n) is 10.1. The van der Waals surface area contributed by atoms with E-state index in [0.29, 0.717) is 49.3 Å². The zero-order chi connectivity index (χ0) is 19.8. The minimum absolute atomic E-state index is 0.185. The summed E-state index contributed by atoms with van der Waals surface area (Å²) < 4.78 is 6.87. The Morgan fingerprint density at radius 1 is 1.32 bits per heavy atom. The summed E-state index contributed by atoms with van der Waals surface area (Å²) in [6, 6.07) is 1.76. The molecule has 2 aromatic heterocycles. The van der Waals surface area contributed by atoms with Crippen molar-refractivity contribution in [3.05, 3.63) is 38.2 Å². The minimum Gasteiger partial charge on any atom is -0.381 e. The van der Waals surface area contributed by atoms with Crippen molar-refractivity contribution in [1.29, 1.82) is 0 Å². The SMILES string of the molecule is CCN(CC1CCOC1)C(=O)c1cc(C2CC2)nc2c1c(=O)[nH]c(=O)n2CC. The highest BCUT2D eigenvalue weighted by molar-refractivity contribution is 6.05. The second-order valence-electron chi connectivity index (χ2n) is 7.64. The maximum atomic E-state index is 13.4. The molecule has 1 amide bonds. The number of fused-ring (bicyclic) bond motifs is 1. The van der Waals surface area contributed by atoms with Crippen LogP contribution in [-0.2, 0) is 11.3 Å². The Morgan fingerprint density at radius 2 is 2.11 bits per heavy atom. The van der Waals surface area contributed by atoms with Gasteiger partial charge in [0, 0.05) is 43.8 Å². The van der Waals surface area contributed by atoms with E-state index in [2.05, 4.69) is 9.97 Å². The Balaban J connectivity index is 1.85. The van der Waals surface area contributed by atoms with E-state index in [9.17, 15) is 14.4 Å². The Bertz CT molecular complexity index is 1020. The van der Waals surface area contributed by atoms with Crippen LogP contribution in [0.25, 0.3) is 11.0 Å². The first kappa shape index (κ1) is 18.9. The summed E-state index contributed by atoms with van der Waals surface area (Å²) in [5.74, 6) is 0.427. The fourth-order valence-corrected chi connectivity index (χ4v) is 3.91. The number of carbonyl (C=O) groups is 1. The van der Waals surface area contributed by atoms with Crippen LogP contribution in [-0.4, -0.2) is 51.6 Å². The Hall–Kier alpha value is -2.48. The Kier molecular flexibility index (Phi) is 5.05. The molecule has 1 saturated carbocycles. The van der Waals surface area contributed by atoms with Gasteiger partial charge in [0.25, 0.3) is 11.5 Å². The number of amides is 1. The van der Waals surface area contributed by atoms with Gasteiger partial charge in [-0.2, -0.15) is 0 Å². The number of aromatic amines is 1. The molecule has 8 heteroatoms. The van der Waals surface area contributed by atoms with Crippen molar-refractivity contribution in [3.8, 4) is 0 Å². The molecular weight excluding hydrogens is 360 g/mol. The van der Waals surface area contributed by atoms with Crippen LogP contribution in [0.3, 0.4) is 0 Å². The molecule has 1 atom stereocenters. The van der Waals surface area contributed by atoms with E-state index in [4.69, 9.17) is 4.74 Å². The van der Waals surface area contributed by atoms with E-state index in [1.54, 1.807) is 11.0 Å². The van der Waals surface area contributed by atoms with Crippen molar-refractivity contribution >= 4 is 16.9 Å². The van der Waals surface area contributed by atoms with Crippen LogP contribution >= 0.6 is 0 Å². The van der Waals surface area contributed by atoms with Crippen molar-refractivity contribution in [2.45, 2.75) is 45.6 Å². The second kappa shape index (κ2) is 7.50. The van der Waals surface area contributed by atoms with Gasteiger partial charge in [-0.1, -0.05) is 0 Å². The molecule has 4 rings (SSSR count). The predicted octanol–water partition coefficient (Wildman–Crippen LogP) is 1.48. The molecular formula is C20H26N4O4. The van der Waals surface area contributed by atoms with Gasteiger partial charge in [-0.3, -0.25) is 19.1 Å². The molecule has 1 N–H and O–H groups in total. The Labute approximate surface area is 162 Å². The summed E-state index contributed by atoms with van der Waals surface area (Å²) in [6.07, 6.45) is 2.97. The van der Waals surface area contributed by atoms with E-state index >= 15 is 0 Å². The van der Waals surface area contributed by atoms with Crippen molar-refractivity contribution in [2.75, 3.05) is 26.3 Å². The second-order valence-corrected chi connectivity index (χ2v) is 7.64. The molecule has 1 saturated heterocycles. The predicted molar refractivity (Wildman–Crippen MR) is 105 cm³/mol. The van der Waals surface area contributed by atoms with Crippen LogP contribution < -0.4 is 11.2 Å². The fourth-order valence-electron chi connectivity index (χ4n) is 3.91. The zero-order valence-electron chi connectivity index (χ0n) is 16.4. The quantitative estimate of drug-likeness (QED) is 0.811. The number of nitrogens with one attached hydrogen (secondary N) is 1. The van der Waals surface area contributed by atoms with E-state index < -0.39 is 11.2 Å². The third kappa shape index (κ3) is 3.37. The summed E-state index contributed by atoms with van der Waals surface area (Å²) in [5.41, 5.74) is 0.404. The van der Waals surface area contributed by atoms with Gasteiger partial charge in [0.2, 0.25) is 0 Å². The topological polar surface area (TPSA) is 97.3 Å². The van der Waals surface area contributed by atoms with E-state index in [-0.39, 0.29) is 11.3 Å². The van der Waals surface area contributed by atoms with Crippen molar-refractivity contribution < 1.29 is 9.53 Å². The molecule has 8 nitrogen and oxygen atoms in total. The fraction of sp³-hybridized carbons (Fsp3) is 0.600. The average Bonchev–Trinajstić information content (AvgIpc) is 3.41. The number of aromatic nitrogens is 3. The monoisotopic (exact) mass is 386 g/mol. The van der Waals surface area contributed by atoms with Crippen molar-refractivity contribution in [2.24, 2.45) is 5.92 Å². The average molecular weight is 386 g/mol. The standard InChI is InChI=1S/C20H26N4O4/c1-3-23(10-12-7-8-28-11-12)19(26)14-9-15(13-5-6-13)21-17-16(14)18(25)22-20(27)24(17)4-2/h9,12-13H,3-8,10-11H2,1-2H3,(H,22,25,27). The van der Waals surface area contributed by atoms with Crippen LogP contribution in [0.2, 0.25) is 0 Å². The van der Waals surface area contributed by atoms with Crippen molar-refractivity contribution in [3.63, 3.8) is 0 Å². The molecule has 0 radical (unpaired) electrons. The Morgan fingerprint density at radius 3 is 2.71 bits per heavy atom. The minimum atomic E-state index is -0.553. The summed E-state index contributed by atoms with van der Waals surface area (Å²) in [4.78, 5) is 47.0. The largest absolute Gasteiger partial charge is 0.381 e. The highest BCUT2D eigenvalue weighted by Crippen LogP contribution is 2.40. The maximum absolute atomic E-state index is 13.4. The molecule has 2 fully saturated rings. The van der Waals surface area contributed by atoms with Crippen LogP contribution in [0.4, 0.5) is 0 Å². The molecule has 2 aromatic rings. The van der Waals surface area contributed by atoms with Crippen LogP contribution in [0, 0.1) is 5.92 Å². The van der Waals surface area contributed by atoms with Gasteiger partial charge in [0.15, 0.2) is 5.65 Å². The van der Waals surface area contributed by atoms with E-state index in [0.717, 1.165) is 31.6 Å². The number of hydrogen-bond donors (Lipinski definition) is 1. The lowest BCUT2D eigenvalue weighted by molar-refractivity contribution is 0.0732. The molecule has 3 heterocycles. The highest BCUT2D eigenvalue weighted by Gasteiger charge is 2.30. The number of pyridine rings is 1. The third-order valence-electron chi connectivity index (χ3n) is 5.68. The maximum Gasteiger partial charge on any atom is 0.329 e. The van der Waals surface area contributed by atoms with Gasteiger partial charge in [0.1, 0.15) is 0 Å². The molecule has 2 aliphatic rings. The van der Waals surface area contributed by atoms with E-state index in [1.165, 1.54) is 4.57 Å². The molecule has 1 aliphatic carbocycles. The third-order valence-corrected chi connectivity index (χ3v) is 5.68. The van der Waals surface area contributed by atoms with Crippen LogP contribution in [0.5, 0.6) is 0 Å². The zero-order valence-corrected chi connectivity index (χ0v) is 16.4. The number of ether oxygens (including phenoxy) is 1.